The molecule has 0 bridgehead atoms. The minimum atomic E-state index is -0.573. The van der Waals surface area contributed by atoms with Gasteiger partial charge in [0.2, 0.25) is 5.90 Å². The number of carbonyl (C=O) groups is 1. The monoisotopic (exact) mass is 296 g/mol. The summed E-state index contributed by atoms with van der Waals surface area (Å²) in [6.45, 7) is 6.13. The zero-order chi connectivity index (χ0) is 14.8. The lowest BCUT2D eigenvalue weighted by molar-refractivity contribution is 0.135. The molecule has 5 nitrogen and oxygen atoms in total. The highest BCUT2D eigenvalue weighted by Gasteiger charge is 2.30. The maximum atomic E-state index is 11.8. The van der Waals surface area contributed by atoms with Crippen LogP contribution in [0.15, 0.2) is 29.3 Å². The summed E-state index contributed by atoms with van der Waals surface area (Å²) in [4.78, 5) is 16.1. The summed E-state index contributed by atoms with van der Waals surface area (Å²) < 4.78 is 10.6. The molecule has 1 aromatic rings. The van der Waals surface area contributed by atoms with Crippen LogP contribution in [0.5, 0.6) is 0 Å². The number of halogens is 1. The van der Waals surface area contributed by atoms with Crippen LogP contribution in [0, 0.1) is 0 Å². The van der Waals surface area contributed by atoms with E-state index in [0.717, 1.165) is 0 Å². The summed E-state index contributed by atoms with van der Waals surface area (Å²) >= 11 is 5.84. The SMILES string of the molecule is CC(OC(=O)Nc1cccc(Cl)c1)C1=NC(C)(C)CO1. The van der Waals surface area contributed by atoms with Crippen LogP contribution in [0.2, 0.25) is 5.02 Å². The second-order valence-electron chi connectivity index (χ2n) is 5.23. The van der Waals surface area contributed by atoms with Gasteiger partial charge in [0.15, 0.2) is 6.10 Å². The zero-order valence-corrected chi connectivity index (χ0v) is 12.4. The van der Waals surface area contributed by atoms with Crippen molar-refractivity contribution in [3.63, 3.8) is 0 Å². The molecule has 0 aliphatic carbocycles. The Morgan fingerprint density at radius 1 is 1.55 bits per heavy atom. The highest BCUT2D eigenvalue weighted by Crippen LogP contribution is 2.20. The van der Waals surface area contributed by atoms with Crippen LogP contribution in [0.25, 0.3) is 0 Å². The number of rotatable bonds is 3. The third-order valence-electron chi connectivity index (χ3n) is 2.69. The molecule has 0 saturated carbocycles. The van der Waals surface area contributed by atoms with Crippen LogP contribution < -0.4 is 5.32 Å². The molecule has 6 heteroatoms. The van der Waals surface area contributed by atoms with Crippen molar-refractivity contribution in [2.24, 2.45) is 4.99 Å². The van der Waals surface area contributed by atoms with Crippen LogP contribution in [0.3, 0.4) is 0 Å². The lowest BCUT2D eigenvalue weighted by Gasteiger charge is -2.13. The normalized spacial score (nSPS) is 17.9. The van der Waals surface area contributed by atoms with Gasteiger partial charge in [-0.05, 0) is 39.0 Å². The molecule has 1 heterocycles. The number of ether oxygens (including phenoxy) is 2. The van der Waals surface area contributed by atoms with E-state index in [0.29, 0.717) is 23.2 Å². The third kappa shape index (κ3) is 3.87. The summed E-state index contributed by atoms with van der Waals surface area (Å²) in [7, 11) is 0. The molecule has 1 atom stereocenters. The van der Waals surface area contributed by atoms with E-state index in [4.69, 9.17) is 21.1 Å². The number of nitrogens with one attached hydrogen (secondary N) is 1. The number of nitrogens with zero attached hydrogens (tertiary/aromatic N) is 1. The fraction of sp³-hybridized carbons (Fsp3) is 0.429. The van der Waals surface area contributed by atoms with Crippen molar-refractivity contribution in [1.29, 1.82) is 0 Å². The Hall–Kier alpha value is -1.75. The van der Waals surface area contributed by atoms with E-state index in [1.807, 2.05) is 13.8 Å². The van der Waals surface area contributed by atoms with Gasteiger partial charge < -0.3 is 9.47 Å². The van der Waals surface area contributed by atoms with Gasteiger partial charge >= 0.3 is 6.09 Å². The predicted octanol–water partition coefficient (Wildman–Crippen LogP) is 3.48. The van der Waals surface area contributed by atoms with E-state index >= 15 is 0 Å². The molecular formula is C14H17ClN2O3. The molecule has 0 aromatic heterocycles. The van der Waals surface area contributed by atoms with E-state index < -0.39 is 12.2 Å². The minimum absolute atomic E-state index is 0.267. The number of hydrogen-bond acceptors (Lipinski definition) is 4. The summed E-state index contributed by atoms with van der Waals surface area (Å²) in [6, 6.07) is 6.84. The van der Waals surface area contributed by atoms with Crippen molar-refractivity contribution in [2.45, 2.75) is 32.4 Å². The fourth-order valence-electron chi connectivity index (χ4n) is 1.75. The summed E-state index contributed by atoms with van der Waals surface area (Å²) in [5, 5.41) is 3.14. The number of aliphatic imine (C=N–C) groups is 1. The van der Waals surface area contributed by atoms with Crippen molar-refractivity contribution in [3.8, 4) is 0 Å². The summed E-state index contributed by atoms with van der Waals surface area (Å²) in [5.41, 5.74) is 0.306. The van der Waals surface area contributed by atoms with Crippen LogP contribution in [-0.4, -0.2) is 30.2 Å². The van der Waals surface area contributed by atoms with Gasteiger partial charge in [-0.15, -0.1) is 0 Å². The maximum absolute atomic E-state index is 11.8. The second kappa shape index (κ2) is 5.71. The van der Waals surface area contributed by atoms with Gasteiger partial charge in [0, 0.05) is 10.7 Å². The van der Waals surface area contributed by atoms with E-state index in [-0.39, 0.29) is 5.54 Å². The third-order valence-corrected chi connectivity index (χ3v) is 2.92. The quantitative estimate of drug-likeness (QED) is 0.929. The predicted molar refractivity (Wildman–Crippen MR) is 78.5 cm³/mol. The fourth-order valence-corrected chi connectivity index (χ4v) is 1.94. The first-order valence-corrected chi connectivity index (χ1v) is 6.69. The molecule has 1 unspecified atom stereocenters. The Bertz CT molecular complexity index is 543. The van der Waals surface area contributed by atoms with Gasteiger partial charge in [0.25, 0.3) is 0 Å². The molecule has 1 aromatic carbocycles. The minimum Gasteiger partial charge on any atom is -0.476 e. The topological polar surface area (TPSA) is 59.9 Å². The molecular weight excluding hydrogens is 280 g/mol. The first kappa shape index (κ1) is 14.7. The number of anilines is 1. The molecule has 1 N–H and O–H groups in total. The summed E-state index contributed by atoms with van der Waals surface area (Å²) in [6.07, 6.45) is -1.10. The molecule has 1 aliphatic rings. The van der Waals surface area contributed by atoms with E-state index in [1.54, 1.807) is 31.2 Å². The highest BCUT2D eigenvalue weighted by atomic mass is 35.5. The van der Waals surface area contributed by atoms with Crippen molar-refractivity contribution < 1.29 is 14.3 Å². The number of benzene rings is 1. The average molecular weight is 297 g/mol. The van der Waals surface area contributed by atoms with E-state index in [1.165, 1.54) is 0 Å². The Labute approximate surface area is 122 Å². The standard InChI is InChI=1S/C14H17ClN2O3/c1-9(12-17-14(2,3)8-19-12)20-13(18)16-11-6-4-5-10(15)7-11/h4-7,9H,8H2,1-3H3,(H,16,18). The molecule has 0 saturated heterocycles. The van der Waals surface area contributed by atoms with Gasteiger partial charge in [-0.1, -0.05) is 17.7 Å². The number of amides is 1. The van der Waals surface area contributed by atoms with Gasteiger partial charge in [0.1, 0.15) is 6.61 Å². The van der Waals surface area contributed by atoms with Gasteiger partial charge in [-0.3, -0.25) is 5.32 Å². The molecule has 0 radical (unpaired) electrons. The molecule has 20 heavy (non-hydrogen) atoms. The Morgan fingerprint density at radius 3 is 2.90 bits per heavy atom. The molecule has 1 aliphatic heterocycles. The molecule has 0 fully saturated rings. The molecule has 2 rings (SSSR count). The molecule has 1 amide bonds. The average Bonchev–Trinajstić information content (AvgIpc) is 2.69. The first-order valence-electron chi connectivity index (χ1n) is 6.31. The van der Waals surface area contributed by atoms with E-state index in [9.17, 15) is 4.79 Å². The Balaban J connectivity index is 1.92. The lowest BCUT2D eigenvalue weighted by atomic mass is 10.1. The van der Waals surface area contributed by atoms with Crippen LogP contribution >= 0.6 is 11.6 Å². The van der Waals surface area contributed by atoms with Crippen molar-refractivity contribution in [1.82, 2.24) is 0 Å². The Kier molecular flexibility index (Phi) is 4.18. The largest absolute Gasteiger partial charge is 0.476 e. The molecule has 0 spiro atoms. The highest BCUT2D eigenvalue weighted by molar-refractivity contribution is 6.30. The van der Waals surface area contributed by atoms with Gasteiger partial charge in [0.05, 0.1) is 5.54 Å². The van der Waals surface area contributed by atoms with Gasteiger partial charge in [-0.25, -0.2) is 9.79 Å². The van der Waals surface area contributed by atoms with Crippen LogP contribution in [-0.2, 0) is 9.47 Å². The second-order valence-corrected chi connectivity index (χ2v) is 5.67. The maximum Gasteiger partial charge on any atom is 0.412 e. The first-order chi connectivity index (χ1) is 9.35. The number of carbonyl (C=O) groups excluding carboxylic acids is 1. The lowest BCUT2D eigenvalue weighted by Crippen LogP contribution is -2.27. The summed E-state index contributed by atoms with van der Waals surface area (Å²) in [5.74, 6) is 0.441. The molecule has 108 valence electrons. The van der Waals surface area contributed by atoms with Crippen molar-refractivity contribution >= 4 is 29.3 Å². The van der Waals surface area contributed by atoms with Gasteiger partial charge in [-0.2, -0.15) is 0 Å². The van der Waals surface area contributed by atoms with Crippen LogP contribution in [0.4, 0.5) is 10.5 Å². The number of hydrogen-bond donors (Lipinski definition) is 1. The Morgan fingerprint density at radius 2 is 2.30 bits per heavy atom. The van der Waals surface area contributed by atoms with E-state index in [2.05, 4.69) is 10.3 Å². The van der Waals surface area contributed by atoms with Crippen LogP contribution in [0.1, 0.15) is 20.8 Å². The smallest absolute Gasteiger partial charge is 0.412 e. The zero-order valence-electron chi connectivity index (χ0n) is 11.6. The van der Waals surface area contributed by atoms with Crippen molar-refractivity contribution in [2.75, 3.05) is 11.9 Å². The van der Waals surface area contributed by atoms with Crippen molar-refractivity contribution in [3.05, 3.63) is 29.3 Å².